The maximum atomic E-state index is 14.8. The van der Waals surface area contributed by atoms with Crippen LogP contribution >= 0.6 is 0 Å². The average molecular weight is 489 g/mol. The van der Waals surface area contributed by atoms with Crippen molar-refractivity contribution >= 4 is 34.0 Å². The SMILES string of the molecule is COCCOc1cc(F)c2c(Nc3ccc(NC(=O)CC4CCC(F)(F)CC4)cc3)ncnc2c1. The van der Waals surface area contributed by atoms with E-state index < -0.39 is 11.7 Å². The first-order valence-corrected chi connectivity index (χ1v) is 11.4. The molecule has 10 heteroatoms. The van der Waals surface area contributed by atoms with Crippen LogP contribution in [0.3, 0.4) is 0 Å². The van der Waals surface area contributed by atoms with Crippen LogP contribution in [0.4, 0.5) is 30.4 Å². The Labute approximate surface area is 201 Å². The Morgan fingerprint density at radius 2 is 1.80 bits per heavy atom. The third kappa shape index (κ3) is 6.60. The highest BCUT2D eigenvalue weighted by atomic mass is 19.3. The van der Waals surface area contributed by atoms with Gasteiger partial charge < -0.3 is 20.1 Å². The van der Waals surface area contributed by atoms with E-state index in [1.165, 1.54) is 12.4 Å². The summed E-state index contributed by atoms with van der Waals surface area (Å²) in [7, 11) is 1.55. The van der Waals surface area contributed by atoms with Gasteiger partial charge in [-0.2, -0.15) is 0 Å². The zero-order chi connectivity index (χ0) is 24.8. The van der Waals surface area contributed by atoms with Crippen molar-refractivity contribution < 1.29 is 27.4 Å². The molecule has 3 aromatic rings. The Morgan fingerprint density at radius 1 is 1.09 bits per heavy atom. The maximum Gasteiger partial charge on any atom is 0.248 e. The fourth-order valence-corrected chi connectivity index (χ4v) is 4.09. The van der Waals surface area contributed by atoms with E-state index in [1.807, 2.05) is 0 Å². The van der Waals surface area contributed by atoms with Crippen LogP contribution in [0.2, 0.25) is 0 Å². The van der Waals surface area contributed by atoms with E-state index in [0.717, 1.165) is 0 Å². The van der Waals surface area contributed by atoms with Crippen LogP contribution in [0.15, 0.2) is 42.7 Å². The topological polar surface area (TPSA) is 85.4 Å². The molecular weight excluding hydrogens is 461 g/mol. The van der Waals surface area contributed by atoms with Crippen molar-refractivity contribution in [3.63, 3.8) is 0 Å². The number of benzene rings is 2. The maximum absolute atomic E-state index is 14.8. The number of anilines is 3. The predicted octanol–water partition coefficient (Wildman–Crippen LogP) is 5.69. The summed E-state index contributed by atoms with van der Waals surface area (Å²) in [5.74, 6) is -2.72. The molecule has 1 aliphatic rings. The Kier molecular flexibility index (Phi) is 7.70. The van der Waals surface area contributed by atoms with E-state index in [0.29, 0.717) is 47.9 Å². The Morgan fingerprint density at radius 3 is 2.51 bits per heavy atom. The monoisotopic (exact) mass is 488 g/mol. The van der Waals surface area contributed by atoms with Gasteiger partial charge in [-0.25, -0.2) is 23.1 Å². The zero-order valence-electron chi connectivity index (χ0n) is 19.3. The van der Waals surface area contributed by atoms with Gasteiger partial charge in [0.1, 0.15) is 30.3 Å². The van der Waals surface area contributed by atoms with Gasteiger partial charge in [0.2, 0.25) is 11.8 Å². The number of carbonyl (C=O) groups is 1. The van der Waals surface area contributed by atoms with Crippen molar-refractivity contribution in [1.82, 2.24) is 9.97 Å². The van der Waals surface area contributed by atoms with Gasteiger partial charge >= 0.3 is 0 Å². The Balaban J connectivity index is 1.38. The number of nitrogens with zero attached hydrogens (tertiary/aromatic N) is 2. The number of methoxy groups -OCH3 is 1. The number of halogens is 3. The molecule has 186 valence electrons. The number of alkyl halides is 2. The molecule has 0 bridgehead atoms. The molecule has 0 saturated heterocycles. The summed E-state index contributed by atoms with van der Waals surface area (Å²) < 4.78 is 51.8. The second-order valence-corrected chi connectivity index (χ2v) is 8.62. The van der Waals surface area contributed by atoms with Gasteiger partial charge in [0.05, 0.1) is 17.5 Å². The first-order valence-electron chi connectivity index (χ1n) is 11.4. The molecular formula is C25H27F3N4O3. The smallest absolute Gasteiger partial charge is 0.248 e. The molecule has 0 spiro atoms. The number of amides is 1. The van der Waals surface area contributed by atoms with Crippen LogP contribution in [-0.2, 0) is 9.53 Å². The number of carbonyl (C=O) groups excluding carboxylic acids is 1. The summed E-state index contributed by atoms with van der Waals surface area (Å²) in [5, 5.41) is 6.11. The minimum Gasteiger partial charge on any atom is -0.491 e. The van der Waals surface area contributed by atoms with Crippen molar-refractivity contribution in [3.05, 3.63) is 48.5 Å². The van der Waals surface area contributed by atoms with Crippen molar-refractivity contribution in [1.29, 1.82) is 0 Å². The molecule has 7 nitrogen and oxygen atoms in total. The number of rotatable bonds is 9. The average Bonchev–Trinajstić information content (AvgIpc) is 2.82. The van der Waals surface area contributed by atoms with E-state index in [2.05, 4.69) is 20.6 Å². The minimum absolute atomic E-state index is 0.0256. The van der Waals surface area contributed by atoms with E-state index in [9.17, 15) is 18.0 Å². The normalized spacial score (nSPS) is 15.7. The van der Waals surface area contributed by atoms with Gasteiger partial charge in [0, 0.05) is 49.9 Å². The van der Waals surface area contributed by atoms with Crippen LogP contribution in [0.5, 0.6) is 5.75 Å². The highest BCUT2D eigenvalue weighted by molar-refractivity contribution is 5.93. The number of aromatic nitrogens is 2. The molecule has 0 radical (unpaired) electrons. The van der Waals surface area contributed by atoms with E-state index in [1.54, 1.807) is 37.4 Å². The molecule has 1 heterocycles. The van der Waals surface area contributed by atoms with Gasteiger partial charge in [-0.05, 0) is 43.0 Å². The second kappa shape index (κ2) is 10.9. The lowest BCUT2D eigenvalue weighted by molar-refractivity contribution is -0.118. The zero-order valence-corrected chi connectivity index (χ0v) is 19.3. The quantitative estimate of drug-likeness (QED) is 0.376. The molecule has 1 fully saturated rings. The lowest BCUT2D eigenvalue weighted by Crippen LogP contribution is -2.27. The van der Waals surface area contributed by atoms with E-state index in [4.69, 9.17) is 9.47 Å². The fraction of sp³-hybridized carbons (Fsp3) is 0.400. The summed E-state index contributed by atoms with van der Waals surface area (Å²) in [5.41, 5.74) is 1.61. The van der Waals surface area contributed by atoms with Crippen LogP contribution in [0.1, 0.15) is 32.1 Å². The summed E-state index contributed by atoms with van der Waals surface area (Å²) in [6.07, 6.45) is 1.94. The van der Waals surface area contributed by atoms with Gasteiger partial charge in [0.25, 0.3) is 0 Å². The molecule has 0 atom stereocenters. The lowest BCUT2D eigenvalue weighted by atomic mass is 9.84. The summed E-state index contributed by atoms with van der Waals surface area (Å²) in [4.78, 5) is 20.6. The summed E-state index contributed by atoms with van der Waals surface area (Å²) in [6, 6.07) is 9.77. The van der Waals surface area contributed by atoms with Gasteiger partial charge in [-0.1, -0.05) is 0 Å². The molecule has 0 unspecified atom stereocenters. The number of hydrogen-bond donors (Lipinski definition) is 2. The van der Waals surface area contributed by atoms with E-state index >= 15 is 0 Å². The van der Waals surface area contributed by atoms with E-state index in [-0.39, 0.29) is 43.1 Å². The van der Waals surface area contributed by atoms with Crippen LogP contribution in [0, 0.1) is 11.7 Å². The number of ether oxygens (including phenoxy) is 2. The first-order chi connectivity index (χ1) is 16.8. The molecule has 1 aliphatic carbocycles. The molecule has 1 amide bonds. The van der Waals surface area contributed by atoms with Crippen LogP contribution < -0.4 is 15.4 Å². The predicted molar refractivity (Wildman–Crippen MR) is 127 cm³/mol. The van der Waals surface area contributed by atoms with Gasteiger partial charge in [-0.15, -0.1) is 0 Å². The molecule has 2 N–H and O–H groups in total. The van der Waals surface area contributed by atoms with Crippen LogP contribution in [0.25, 0.3) is 10.9 Å². The fourth-order valence-electron chi connectivity index (χ4n) is 4.09. The third-order valence-corrected chi connectivity index (χ3v) is 5.96. The number of nitrogens with one attached hydrogen (secondary N) is 2. The number of hydrogen-bond acceptors (Lipinski definition) is 6. The molecule has 1 saturated carbocycles. The van der Waals surface area contributed by atoms with Gasteiger partial charge in [-0.3, -0.25) is 4.79 Å². The number of fused-ring (bicyclic) bond motifs is 1. The first kappa shape index (κ1) is 24.7. The Bertz CT molecular complexity index is 1160. The van der Waals surface area contributed by atoms with Crippen molar-refractivity contribution in [3.8, 4) is 5.75 Å². The summed E-state index contributed by atoms with van der Waals surface area (Å²) in [6.45, 7) is 0.670. The standard InChI is InChI=1S/C25H27F3N4O3/c1-34-10-11-35-19-13-20(26)23-21(14-19)29-15-30-24(23)32-18-4-2-17(3-5-18)31-22(33)12-16-6-8-25(27,28)9-7-16/h2-5,13-16H,6-12H2,1H3,(H,31,33)(H,29,30,32). The highest BCUT2D eigenvalue weighted by Gasteiger charge is 2.35. The van der Waals surface area contributed by atoms with Crippen molar-refractivity contribution in [2.24, 2.45) is 5.92 Å². The van der Waals surface area contributed by atoms with Crippen molar-refractivity contribution in [2.75, 3.05) is 31.0 Å². The molecule has 0 aliphatic heterocycles. The molecule has 4 rings (SSSR count). The van der Waals surface area contributed by atoms with Crippen molar-refractivity contribution in [2.45, 2.75) is 38.0 Å². The Hall–Kier alpha value is -3.40. The summed E-state index contributed by atoms with van der Waals surface area (Å²) >= 11 is 0. The molecule has 2 aromatic carbocycles. The van der Waals surface area contributed by atoms with Crippen LogP contribution in [-0.4, -0.2) is 42.1 Å². The highest BCUT2D eigenvalue weighted by Crippen LogP contribution is 2.37. The third-order valence-electron chi connectivity index (χ3n) is 5.96. The second-order valence-electron chi connectivity index (χ2n) is 8.62. The van der Waals surface area contributed by atoms with Gasteiger partial charge in [0.15, 0.2) is 0 Å². The lowest BCUT2D eigenvalue weighted by Gasteiger charge is -2.27. The molecule has 35 heavy (non-hydrogen) atoms. The minimum atomic E-state index is -2.60. The largest absolute Gasteiger partial charge is 0.491 e. The molecule has 1 aromatic heterocycles.